The van der Waals surface area contributed by atoms with Gasteiger partial charge in [0, 0.05) is 6.21 Å². The summed E-state index contributed by atoms with van der Waals surface area (Å²) in [6, 6.07) is 15.4. The number of esters is 1. The van der Waals surface area contributed by atoms with Crippen molar-refractivity contribution in [1.82, 2.24) is 0 Å². The van der Waals surface area contributed by atoms with Crippen LogP contribution in [0.15, 0.2) is 53.5 Å². The second-order valence-electron chi connectivity index (χ2n) is 6.54. The van der Waals surface area contributed by atoms with Gasteiger partial charge >= 0.3 is 5.97 Å². The van der Waals surface area contributed by atoms with E-state index in [1.165, 1.54) is 5.56 Å². The Morgan fingerprint density at radius 2 is 1.67 bits per heavy atom. The minimum absolute atomic E-state index is 0.103. The second-order valence-corrected chi connectivity index (χ2v) is 6.54. The quantitative estimate of drug-likeness (QED) is 0.602. The fourth-order valence-corrected chi connectivity index (χ4v) is 1.94. The Labute approximate surface area is 143 Å². The molecule has 0 amide bonds. The molecule has 0 N–H and O–H groups in total. The molecule has 0 saturated heterocycles. The third-order valence-corrected chi connectivity index (χ3v) is 3.05. The van der Waals surface area contributed by atoms with Crippen molar-refractivity contribution < 1.29 is 14.3 Å². The van der Waals surface area contributed by atoms with Crippen LogP contribution in [0.3, 0.4) is 0 Å². The lowest BCUT2D eigenvalue weighted by atomic mass is 10.2. The number of hydrogen-bond donors (Lipinski definition) is 0. The largest absolute Gasteiger partial charge is 0.482 e. The van der Waals surface area contributed by atoms with E-state index < -0.39 is 5.60 Å². The molecule has 0 aliphatic carbocycles. The molecule has 0 aromatic heterocycles. The first-order chi connectivity index (χ1) is 11.3. The first kappa shape index (κ1) is 17.7. The molecule has 24 heavy (non-hydrogen) atoms. The highest BCUT2D eigenvalue weighted by molar-refractivity contribution is 5.82. The first-order valence-electron chi connectivity index (χ1n) is 7.87. The van der Waals surface area contributed by atoms with Gasteiger partial charge in [-0.25, -0.2) is 4.79 Å². The van der Waals surface area contributed by atoms with Gasteiger partial charge in [-0.15, -0.1) is 0 Å². The number of carbonyl (C=O) groups excluding carboxylic acids is 1. The number of rotatable bonds is 5. The average molecular weight is 325 g/mol. The lowest BCUT2D eigenvalue weighted by molar-refractivity contribution is -0.157. The summed E-state index contributed by atoms with van der Waals surface area (Å²) in [4.78, 5) is 16.0. The van der Waals surface area contributed by atoms with Gasteiger partial charge < -0.3 is 9.47 Å². The molecule has 0 aliphatic heterocycles. The van der Waals surface area contributed by atoms with Crippen LogP contribution in [-0.4, -0.2) is 24.4 Å². The number of benzene rings is 2. The van der Waals surface area contributed by atoms with Gasteiger partial charge in [0.1, 0.15) is 11.4 Å². The lowest BCUT2D eigenvalue weighted by Crippen LogP contribution is -2.27. The molecular weight excluding hydrogens is 302 g/mol. The van der Waals surface area contributed by atoms with Crippen LogP contribution < -0.4 is 4.74 Å². The number of ether oxygens (including phenoxy) is 2. The summed E-state index contributed by atoms with van der Waals surface area (Å²) < 4.78 is 10.6. The van der Waals surface area contributed by atoms with Crippen molar-refractivity contribution in [3.8, 4) is 5.75 Å². The Hall–Kier alpha value is -2.62. The Morgan fingerprint density at radius 3 is 2.25 bits per heavy atom. The van der Waals surface area contributed by atoms with E-state index in [0.717, 1.165) is 11.3 Å². The van der Waals surface area contributed by atoms with Crippen molar-refractivity contribution in [3.63, 3.8) is 0 Å². The first-order valence-corrected chi connectivity index (χ1v) is 7.87. The van der Waals surface area contributed by atoms with Crippen LogP contribution in [0.4, 0.5) is 5.69 Å². The average Bonchev–Trinajstić information content (AvgIpc) is 2.52. The Balaban J connectivity index is 1.88. The zero-order valence-electron chi connectivity index (χ0n) is 14.6. The monoisotopic (exact) mass is 325 g/mol. The summed E-state index contributed by atoms with van der Waals surface area (Å²) in [6.45, 7) is 7.42. The Kier molecular flexibility index (Phi) is 5.74. The third kappa shape index (κ3) is 6.24. The van der Waals surface area contributed by atoms with Gasteiger partial charge in [0.2, 0.25) is 0 Å². The van der Waals surface area contributed by atoms with E-state index >= 15 is 0 Å². The van der Waals surface area contributed by atoms with E-state index in [4.69, 9.17) is 9.47 Å². The molecule has 2 aromatic rings. The van der Waals surface area contributed by atoms with Crippen LogP contribution >= 0.6 is 0 Å². The minimum Gasteiger partial charge on any atom is -0.482 e. The summed E-state index contributed by atoms with van der Waals surface area (Å²) in [6.07, 6.45) is 1.79. The van der Waals surface area contributed by atoms with Crippen molar-refractivity contribution in [1.29, 1.82) is 0 Å². The zero-order chi connectivity index (χ0) is 17.6. The Morgan fingerprint density at radius 1 is 1.04 bits per heavy atom. The summed E-state index contributed by atoms with van der Waals surface area (Å²) in [5.74, 6) is 0.237. The summed E-state index contributed by atoms with van der Waals surface area (Å²) >= 11 is 0. The highest BCUT2D eigenvalue weighted by Gasteiger charge is 2.16. The Bertz CT molecular complexity index is 695. The molecule has 0 spiro atoms. The highest BCUT2D eigenvalue weighted by atomic mass is 16.6. The van der Waals surface area contributed by atoms with Gasteiger partial charge in [0.05, 0.1) is 5.69 Å². The van der Waals surface area contributed by atoms with Gasteiger partial charge in [-0.3, -0.25) is 4.99 Å². The van der Waals surface area contributed by atoms with Crippen LogP contribution in [0.1, 0.15) is 31.9 Å². The van der Waals surface area contributed by atoms with Crippen LogP contribution in [-0.2, 0) is 9.53 Å². The van der Waals surface area contributed by atoms with Crippen LogP contribution in [0, 0.1) is 6.92 Å². The smallest absolute Gasteiger partial charge is 0.344 e. The van der Waals surface area contributed by atoms with E-state index in [9.17, 15) is 4.79 Å². The molecule has 0 aliphatic rings. The van der Waals surface area contributed by atoms with Crippen molar-refractivity contribution in [2.75, 3.05) is 6.61 Å². The van der Waals surface area contributed by atoms with Crippen molar-refractivity contribution >= 4 is 17.9 Å². The van der Waals surface area contributed by atoms with Gasteiger partial charge in [-0.1, -0.05) is 17.7 Å². The van der Waals surface area contributed by atoms with Gasteiger partial charge in [0.25, 0.3) is 0 Å². The van der Waals surface area contributed by atoms with Crippen molar-refractivity contribution in [2.24, 2.45) is 4.99 Å². The standard InChI is InChI=1S/C20H23NO3/c1-15-5-9-17(10-6-15)21-13-16-7-11-18(12-8-16)23-14-19(22)24-20(2,3)4/h5-13H,14H2,1-4H3. The molecule has 0 heterocycles. The maximum Gasteiger partial charge on any atom is 0.344 e. The van der Waals surface area contributed by atoms with E-state index in [0.29, 0.717) is 5.75 Å². The second kappa shape index (κ2) is 7.77. The van der Waals surface area contributed by atoms with Crippen LogP contribution in [0.25, 0.3) is 0 Å². The number of hydrogen-bond acceptors (Lipinski definition) is 4. The highest BCUT2D eigenvalue weighted by Crippen LogP contribution is 2.15. The molecule has 0 radical (unpaired) electrons. The normalized spacial score (nSPS) is 11.5. The molecule has 2 rings (SSSR count). The molecule has 126 valence electrons. The maximum atomic E-state index is 11.6. The molecule has 2 aromatic carbocycles. The number of aliphatic imine (C=N–C) groups is 1. The van der Waals surface area contributed by atoms with Crippen molar-refractivity contribution in [3.05, 3.63) is 59.7 Å². The fourth-order valence-electron chi connectivity index (χ4n) is 1.94. The molecular formula is C20H23NO3. The van der Waals surface area contributed by atoms with Crippen LogP contribution in [0.2, 0.25) is 0 Å². The summed E-state index contributed by atoms with van der Waals surface area (Å²) in [5.41, 5.74) is 2.57. The molecule has 0 atom stereocenters. The zero-order valence-corrected chi connectivity index (χ0v) is 14.6. The van der Waals surface area contributed by atoms with Gasteiger partial charge in [-0.2, -0.15) is 0 Å². The molecule has 0 saturated carbocycles. The summed E-state index contributed by atoms with van der Waals surface area (Å²) in [7, 11) is 0. The minimum atomic E-state index is -0.503. The fraction of sp³-hybridized carbons (Fsp3) is 0.300. The van der Waals surface area contributed by atoms with Gasteiger partial charge in [0.15, 0.2) is 6.61 Å². The van der Waals surface area contributed by atoms with E-state index in [1.54, 1.807) is 18.3 Å². The number of aryl methyl sites for hydroxylation is 1. The van der Waals surface area contributed by atoms with Gasteiger partial charge in [-0.05, 0) is 69.7 Å². The van der Waals surface area contributed by atoms with Crippen molar-refractivity contribution in [2.45, 2.75) is 33.3 Å². The predicted octanol–water partition coefficient (Wildman–Crippen LogP) is 4.47. The van der Waals surface area contributed by atoms with E-state index in [-0.39, 0.29) is 12.6 Å². The molecule has 4 heteroatoms. The van der Waals surface area contributed by atoms with E-state index in [2.05, 4.69) is 4.99 Å². The molecule has 4 nitrogen and oxygen atoms in total. The lowest BCUT2D eigenvalue weighted by Gasteiger charge is -2.19. The SMILES string of the molecule is Cc1ccc(N=Cc2ccc(OCC(=O)OC(C)(C)C)cc2)cc1. The number of carbonyl (C=O) groups is 1. The maximum absolute atomic E-state index is 11.6. The van der Waals surface area contributed by atoms with E-state index in [1.807, 2.05) is 64.1 Å². The molecule has 0 unspecified atom stereocenters. The molecule has 0 fully saturated rings. The van der Waals surface area contributed by atoms with Crippen LogP contribution in [0.5, 0.6) is 5.75 Å². The predicted molar refractivity (Wildman–Crippen MR) is 96.2 cm³/mol. The number of nitrogens with zero attached hydrogens (tertiary/aromatic N) is 1. The topological polar surface area (TPSA) is 47.9 Å². The third-order valence-electron chi connectivity index (χ3n) is 3.05. The summed E-state index contributed by atoms with van der Waals surface area (Å²) in [5, 5.41) is 0. The molecule has 0 bridgehead atoms.